The first kappa shape index (κ1) is 14.1. The fraction of sp³-hybridized carbons (Fsp3) is 0.500. The molecule has 21 heavy (non-hydrogen) atoms. The van der Waals surface area contributed by atoms with Gasteiger partial charge in [0.1, 0.15) is 6.04 Å². The van der Waals surface area contributed by atoms with Crippen LogP contribution >= 0.6 is 0 Å². The summed E-state index contributed by atoms with van der Waals surface area (Å²) < 4.78 is 0. The van der Waals surface area contributed by atoms with Crippen LogP contribution in [0.1, 0.15) is 34.3 Å². The summed E-state index contributed by atoms with van der Waals surface area (Å²) in [5.41, 5.74) is 3.11. The molecule has 112 valence electrons. The van der Waals surface area contributed by atoms with Gasteiger partial charge in [0, 0.05) is 25.7 Å². The number of fused-ring (bicyclic) bond motifs is 1. The third-order valence-corrected chi connectivity index (χ3v) is 4.43. The van der Waals surface area contributed by atoms with Gasteiger partial charge in [0.25, 0.3) is 5.91 Å². The van der Waals surface area contributed by atoms with Gasteiger partial charge in [0.15, 0.2) is 0 Å². The van der Waals surface area contributed by atoms with Crippen LogP contribution in [0.4, 0.5) is 0 Å². The number of rotatable bonds is 2. The quantitative estimate of drug-likeness (QED) is 0.841. The molecule has 5 nitrogen and oxygen atoms in total. The number of amides is 2. The largest absolute Gasteiger partial charge is 0.357 e. The number of nitrogens with zero attached hydrogens (tertiary/aromatic N) is 1. The summed E-state index contributed by atoms with van der Waals surface area (Å²) in [6.45, 7) is 2.38. The van der Waals surface area contributed by atoms with Gasteiger partial charge < -0.3 is 15.5 Å². The second kappa shape index (κ2) is 5.85. The highest BCUT2D eigenvalue weighted by atomic mass is 16.2. The van der Waals surface area contributed by atoms with Crippen LogP contribution in [0, 0.1) is 0 Å². The molecule has 1 fully saturated rings. The van der Waals surface area contributed by atoms with Crippen LogP contribution in [-0.4, -0.2) is 42.9 Å². The van der Waals surface area contributed by atoms with Gasteiger partial charge in [0.2, 0.25) is 5.91 Å². The predicted octanol–water partition coefficient (Wildman–Crippen LogP) is 0.683. The zero-order valence-electron chi connectivity index (χ0n) is 12.3. The average molecular weight is 287 g/mol. The van der Waals surface area contributed by atoms with Gasteiger partial charge in [-0.25, -0.2) is 0 Å². The number of carbonyl (C=O) groups is 2. The predicted molar refractivity (Wildman–Crippen MR) is 80.0 cm³/mol. The van der Waals surface area contributed by atoms with Crippen molar-refractivity contribution in [1.82, 2.24) is 15.5 Å². The van der Waals surface area contributed by atoms with Crippen LogP contribution in [-0.2, 0) is 17.8 Å². The number of hydrogen-bond acceptors (Lipinski definition) is 3. The molecular weight excluding hydrogens is 266 g/mol. The van der Waals surface area contributed by atoms with Crippen LogP contribution in [0.5, 0.6) is 0 Å². The molecule has 1 aromatic rings. The molecule has 0 saturated carbocycles. The third-order valence-electron chi connectivity index (χ3n) is 4.43. The summed E-state index contributed by atoms with van der Waals surface area (Å²) in [4.78, 5) is 26.5. The summed E-state index contributed by atoms with van der Waals surface area (Å²) in [5, 5.41) is 5.99. The van der Waals surface area contributed by atoms with E-state index in [0.29, 0.717) is 6.54 Å². The number of likely N-dealkylation sites (N-methyl/N-ethyl adjacent to an activating group) is 1. The van der Waals surface area contributed by atoms with Gasteiger partial charge in [-0.1, -0.05) is 12.1 Å². The number of carbonyl (C=O) groups excluding carboxylic acids is 2. The summed E-state index contributed by atoms with van der Waals surface area (Å²) >= 11 is 0. The van der Waals surface area contributed by atoms with Crippen molar-refractivity contribution >= 4 is 11.8 Å². The minimum absolute atomic E-state index is 0.000139. The van der Waals surface area contributed by atoms with Crippen LogP contribution in [0.15, 0.2) is 18.2 Å². The summed E-state index contributed by atoms with van der Waals surface area (Å²) in [6, 6.07) is 5.58. The maximum Gasteiger partial charge on any atom is 0.254 e. The zero-order valence-corrected chi connectivity index (χ0v) is 12.3. The lowest BCUT2D eigenvalue weighted by molar-refractivity contribution is -0.124. The molecule has 0 radical (unpaired) electrons. The van der Waals surface area contributed by atoms with E-state index in [0.717, 1.165) is 43.5 Å². The molecule has 1 saturated heterocycles. The first-order chi connectivity index (χ1) is 10.2. The topological polar surface area (TPSA) is 61.4 Å². The van der Waals surface area contributed by atoms with Gasteiger partial charge in [-0.15, -0.1) is 0 Å². The van der Waals surface area contributed by atoms with E-state index < -0.39 is 0 Å². The van der Waals surface area contributed by atoms with Crippen molar-refractivity contribution in [3.8, 4) is 0 Å². The van der Waals surface area contributed by atoms with Crippen LogP contribution in [0.3, 0.4) is 0 Å². The van der Waals surface area contributed by atoms with E-state index in [-0.39, 0.29) is 17.9 Å². The monoisotopic (exact) mass is 287 g/mol. The Balaban J connectivity index is 1.90. The molecule has 1 unspecified atom stereocenters. The second-order valence-electron chi connectivity index (χ2n) is 5.64. The van der Waals surface area contributed by atoms with E-state index in [1.165, 1.54) is 5.56 Å². The highest BCUT2D eigenvalue weighted by Crippen LogP contribution is 2.25. The lowest BCUT2D eigenvalue weighted by Gasteiger charge is -2.26. The molecule has 0 aromatic heterocycles. The molecule has 2 aliphatic rings. The van der Waals surface area contributed by atoms with E-state index >= 15 is 0 Å². The lowest BCUT2D eigenvalue weighted by Crippen LogP contribution is -2.45. The SMILES string of the molecule is CNC(=O)C1CCCN1C(=O)c1cccc2c1CCNC2. The van der Waals surface area contributed by atoms with E-state index in [2.05, 4.69) is 16.7 Å². The van der Waals surface area contributed by atoms with E-state index in [9.17, 15) is 9.59 Å². The van der Waals surface area contributed by atoms with Crippen molar-refractivity contribution in [2.75, 3.05) is 20.1 Å². The Labute approximate surface area is 124 Å². The number of likely N-dealkylation sites (tertiary alicyclic amines) is 1. The standard InChI is InChI=1S/C16H21N3O2/c1-17-15(20)14-6-3-9-19(14)16(21)13-5-2-4-11-10-18-8-7-12(11)13/h2,4-5,14,18H,3,6-10H2,1H3,(H,17,20). The molecule has 0 aliphatic carbocycles. The van der Waals surface area contributed by atoms with Gasteiger partial charge in [-0.05, 0) is 43.0 Å². The van der Waals surface area contributed by atoms with Crippen LogP contribution in [0.2, 0.25) is 0 Å². The Morgan fingerprint density at radius 2 is 2.24 bits per heavy atom. The molecular formula is C16H21N3O2. The number of hydrogen-bond donors (Lipinski definition) is 2. The molecule has 0 bridgehead atoms. The van der Waals surface area contributed by atoms with Gasteiger partial charge in [-0.2, -0.15) is 0 Å². The number of benzene rings is 1. The highest BCUT2D eigenvalue weighted by Gasteiger charge is 2.35. The second-order valence-corrected chi connectivity index (χ2v) is 5.64. The molecule has 2 amide bonds. The van der Waals surface area contributed by atoms with Gasteiger partial charge >= 0.3 is 0 Å². The first-order valence-corrected chi connectivity index (χ1v) is 7.56. The molecule has 1 aromatic carbocycles. The average Bonchev–Trinajstić information content (AvgIpc) is 3.02. The fourth-order valence-corrected chi connectivity index (χ4v) is 3.34. The van der Waals surface area contributed by atoms with Crippen molar-refractivity contribution in [3.05, 3.63) is 34.9 Å². The van der Waals surface area contributed by atoms with Crippen molar-refractivity contribution < 1.29 is 9.59 Å². The summed E-state index contributed by atoms with van der Waals surface area (Å²) in [7, 11) is 1.62. The Kier molecular flexibility index (Phi) is 3.92. The maximum atomic E-state index is 12.9. The summed E-state index contributed by atoms with van der Waals surface area (Å²) in [5.74, 6) is -0.0628. The Hall–Kier alpha value is -1.88. The Morgan fingerprint density at radius 3 is 3.05 bits per heavy atom. The molecule has 2 aliphatic heterocycles. The van der Waals surface area contributed by atoms with Crippen molar-refractivity contribution in [1.29, 1.82) is 0 Å². The van der Waals surface area contributed by atoms with Crippen molar-refractivity contribution in [3.63, 3.8) is 0 Å². The van der Waals surface area contributed by atoms with E-state index in [1.54, 1.807) is 11.9 Å². The molecule has 5 heteroatoms. The van der Waals surface area contributed by atoms with E-state index in [4.69, 9.17) is 0 Å². The minimum Gasteiger partial charge on any atom is -0.357 e. The Morgan fingerprint density at radius 1 is 1.38 bits per heavy atom. The lowest BCUT2D eigenvalue weighted by atomic mass is 9.94. The van der Waals surface area contributed by atoms with Crippen molar-refractivity contribution in [2.45, 2.75) is 31.8 Å². The highest BCUT2D eigenvalue weighted by molar-refractivity contribution is 5.99. The summed E-state index contributed by atoms with van der Waals surface area (Å²) in [6.07, 6.45) is 2.51. The normalized spacial score (nSPS) is 21.0. The first-order valence-electron chi connectivity index (χ1n) is 7.56. The zero-order chi connectivity index (χ0) is 14.8. The number of nitrogens with one attached hydrogen (secondary N) is 2. The molecule has 3 rings (SSSR count). The Bertz CT molecular complexity index is 571. The maximum absolute atomic E-state index is 12.9. The molecule has 0 spiro atoms. The smallest absolute Gasteiger partial charge is 0.254 e. The third kappa shape index (κ3) is 2.53. The fourth-order valence-electron chi connectivity index (χ4n) is 3.34. The van der Waals surface area contributed by atoms with Crippen LogP contribution < -0.4 is 10.6 Å². The molecule has 2 N–H and O–H groups in total. The van der Waals surface area contributed by atoms with Crippen LogP contribution in [0.25, 0.3) is 0 Å². The van der Waals surface area contributed by atoms with Gasteiger partial charge in [-0.3, -0.25) is 9.59 Å². The van der Waals surface area contributed by atoms with E-state index in [1.807, 2.05) is 12.1 Å². The van der Waals surface area contributed by atoms with Crippen molar-refractivity contribution in [2.24, 2.45) is 0 Å². The molecule has 2 heterocycles. The minimum atomic E-state index is -0.319. The molecule has 1 atom stereocenters. The van der Waals surface area contributed by atoms with Gasteiger partial charge in [0.05, 0.1) is 0 Å².